The maximum absolute atomic E-state index is 13.2. The van der Waals surface area contributed by atoms with Crippen molar-refractivity contribution < 1.29 is 9.53 Å². The maximum Gasteiger partial charge on any atom is 0.416 e. The highest BCUT2D eigenvalue weighted by molar-refractivity contribution is 6.30. The van der Waals surface area contributed by atoms with Crippen molar-refractivity contribution in [2.45, 2.75) is 24.3 Å². The Labute approximate surface area is 194 Å². The normalized spacial score (nSPS) is 19.6. The van der Waals surface area contributed by atoms with Gasteiger partial charge in [0, 0.05) is 32.9 Å². The second-order valence-corrected chi connectivity index (χ2v) is 9.12. The van der Waals surface area contributed by atoms with Gasteiger partial charge >= 0.3 is 6.09 Å². The summed E-state index contributed by atoms with van der Waals surface area (Å²) < 4.78 is 5.67. The average Bonchev–Trinajstić information content (AvgIpc) is 3.13. The van der Waals surface area contributed by atoms with E-state index in [1.54, 1.807) is 29.2 Å². The van der Waals surface area contributed by atoms with Crippen LogP contribution >= 0.6 is 34.8 Å². The first-order chi connectivity index (χ1) is 15.0. The Bertz CT molecular complexity index is 1250. The number of fused-ring (bicyclic) bond motifs is 3. The second-order valence-electron chi connectivity index (χ2n) is 7.69. The minimum Gasteiger partial charge on any atom is -0.410 e. The number of amides is 1. The number of carbonyl (C=O) groups is 1. The number of carbonyl (C=O) groups excluding carboxylic acids is 1. The van der Waals surface area contributed by atoms with Crippen molar-refractivity contribution in [3.63, 3.8) is 0 Å². The topological polar surface area (TPSA) is 45.3 Å². The lowest BCUT2D eigenvalue weighted by Gasteiger charge is -2.35. The fourth-order valence-corrected chi connectivity index (χ4v) is 4.76. The zero-order valence-corrected chi connectivity index (χ0v) is 18.7. The number of ether oxygens (including phenoxy) is 1. The van der Waals surface area contributed by atoms with Gasteiger partial charge in [-0.05, 0) is 60.4 Å². The number of aromatic amines is 1. The molecule has 2 unspecified atom stereocenters. The van der Waals surface area contributed by atoms with Crippen LogP contribution in [0.1, 0.15) is 29.3 Å². The summed E-state index contributed by atoms with van der Waals surface area (Å²) in [5, 5.41) is 3.42. The number of halogens is 3. The predicted octanol–water partition coefficient (Wildman–Crippen LogP) is 5.04. The third kappa shape index (κ3) is 3.96. The molecule has 158 valence electrons. The number of hydrogen-bond acceptors (Lipinski definition) is 2. The SMILES string of the molecule is O=C(Oc1ccc(Cl)cc1)N1CCc2c([nH]c3c2=CC(Cl)CC=3)C1c1ccc(Cl)cc1. The van der Waals surface area contributed by atoms with Crippen LogP contribution in [0.4, 0.5) is 4.79 Å². The van der Waals surface area contributed by atoms with Gasteiger partial charge in [-0.15, -0.1) is 11.6 Å². The van der Waals surface area contributed by atoms with E-state index in [9.17, 15) is 4.79 Å². The van der Waals surface area contributed by atoms with Gasteiger partial charge in [0.1, 0.15) is 11.8 Å². The van der Waals surface area contributed by atoms with Crippen LogP contribution in [0.15, 0.2) is 48.5 Å². The van der Waals surface area contributed by atoms with E-state index >= 15 is 0 Å². The number of nitrogens with zero attached hydrogens (tertiary/aromatic N) is 1. The molecule has 3 aromatic rings. The van der Waals surface area contributed by atoms with Crippen molar-refractivity contribution in [3.05, 3.63) is 86.0 Å². The molecule has 1 amide bonds. The highest BCUT2D eigenvalue weighted by Crippen LogP contribution is 2.34. The van der Waals surface area contributed by atoms with Crippen LogP contribution in [-0.4, -0.2) is 27.9 Å². The average molecular weight is 474 g/mol. The van der Waals surface area contributed by atoms with Crippen molar-refractivity contribution in [2.75, 3.05) is 6.54 Å². The summed E-state index contributed by atoms with van der Waals surface area (Å²) in [6.07, 6.45) is 5.31. The minimum absolute atomic E-state index is 0.0192. The molecule has 2 heterocycles. The molecule has 1 aliphatic carbocycles. The van der Waals surface area contributed by atoms with Crippen molar-refractivity contribution in [3.8, 4) is 5.75 Å². The van der Waals surface area contributed by atoms with Crippen molar-refractivity contribution in [1.82, 2.24) is 9.88 Å². The van der Waals surface area contributed by atoms with Gasteiger partial charge in [-0.2, -0.15) is 0 Å². The lowest BCUT2D eigenvalue weighted by atomic mass is 9.93. The maximum atomic E-state index is 13.2. The summed E-state index contributed by atoms with van der Waals surface area (Å²) >= 11 is 18.5. The molecule has 4 nitrogen and oxygen atoms in total. The van der Waals surface area contributed by atoms with Crippen molar-refractivity contribution in [2.24, 2.45) is 0 Å². The number of aromatic nitrogens is 1. The molecule has 1 aliphatic heterocycles. The number of rotatable bonds is 2. The Kier molecular flexibility index (Phi) is 5.47. The van der Waals surface area contributed by atoms with E-state index in [0.717, 1.165) is 34.7 Å². The molecular weight excluding hydrogens is 455 g/mol. The van der Waals surface area contributed by atoms with Gasteiger partial charge in [0.15, 0.2) is 0 Å². The van der Waals surface area contributed by atoms with E-state index in [-0.39, 0.29) is 11.4 Å². The van der Waals surface area contributed by atoms with Gasteiger partial charge < -0.3 is 9.72 Å². The van der Waals surface area contributed by atoms with Crippen LogP contribution in [0.2, 0.25) is 10.0 Å². The molecule has 0 radical (unpaired) electrons. The second kappa shape index (κ2) is 8.27. The Hall–Kier alpha value is -2.40. The summed E-state index contributed by atoms with van der Waals surface area (Å²) in [6.45, 7) is 0.526. The molecule has 1 aromatic heterocycles. The van der Waals surface area contributed by atoms with Gasteiger partial charge in [0.05, 0.1) is 5.38 Å². The number of hydrogen-bond donors (Lipinski definition) is 1. The number of benzene rings is 2. The van der Waals surface area contributed by atoms with Gasteiger partial charge in [-0.1, -0.05) is 47.5 Å². The Morgan fingerprint density at radius 1 is 1.03 bits per heavy atom. The molecule has 0 fully saturated rings. The van der Waals surface area contributed by atoms with E-state index in [4.69, 9.17) is 39.5 Å². The summed E-state index contributed by atoms with van der Waals surface area (Å²) in [6, 6.07) is 14.0. The fourth-order valence-electron chi connectivity index (χ4n) is 4.30. The largest absolute Gasteiger partial charge is 0.416 e. The van der Waals surface area contributed by atoms with E-state index in [1.165, 1.54) is 5.56 Å². The molecule has 0 bridgehead atoms. The van der Waals surface area contributed by atoms with Crippen molar-refractivity contribution >= 4 is 53.0 Å². The molecule has 2 aliphatic rings. The highest BCUT2D eigenvalue weighted by atomic mass is 35.5. The third-order valence-corrected chi connectivity index (χ3v) is 6.54. The van der Waals surface area contributed by atoms with Gasteiger partial charge in [0.2, 0.25) is 0 Å². The summed E-state index contributed by atoms with van der Waals surface area (Å²) in [4.78, 5) is 18.5. The molecule has 31 heavy (non-hydrogen) atoms. The molecule has 1 N–H and O–H groups in total. The molecule has 0 spiro atoms. The van der Waals surface area contributed by atoms with Gasteiger partial charge in [0.25, 0.3) is 0 Å². The fraction of sp³-hybridized carbons (Fsp3) is 0.208. The summed E-state index contributed by atoms with van der Waals surface area (Å²) in [7, 11) is 0. The monoisotopic (exact) mass is 472 g/mol. The summed E-state index contributed by atoms with van der Waals surface area (Å²) in [5.74, 6) is 0.451. The van der Waals surface area contributed by atoms with Crippen LogP contribution in [0.25, 0.3) is 12.2 Å². The highest BCUT2D eigenvalue weighted by Gasteiger charge is 2.35. The van der Waals surface area contributed by atoms with E-state index < -0.39 is 6.09 Å². The number of alkyl halides is 1. The molecule has 0 saturated carbocycles. The predicted molar refractivity (Wildman–Crippen MR) is 124 cm³/mol. The van der Waals surface area contributed by atoms with Gasteiger partial charge in [-0.3, -0.25) is 4.90 Å². The zero-order valence-electron chi connectivity index (χ0n) is 16.4. The smallest absolute Gasteiger partial charge is 0.410 e. The Balaban J connectivity index is 1.57. The molecule has 2 aromatic carbocycles. The third-order valence-electron chi connectivity index (χ3n) is 5.73. The van der Waals surface area contributed by atoms with Gasteiger partial charge in [-0.25, -0.2) is 4.79 Å². The van der Waals surface area contributed by atoms with E-state index in [2.05, 4.69) is 17.1 Å². The first-order valence-electron chi connectivity index (χ1n) is 10.1. The number of nitrogens with one attached hydrogen (secondary N) is 1. The van der Waals surface area contributed by atoms with Crippen LogP contribution in [0.3, 0.4) is 0 Å². The molecule has 0 saturated heterocycles. The minimum atomic E-state index is -0.413. The number of H-pyrrole nitrogens is 1. The molecular formula is C24H19Cl3N2O2. The standard InChI is InChI=1S/C24H19Cl3N2O2/c25-15-3-1-14(2-4-15)23-22-19(20-13-17(27)7-10-21(20)28-22)11-12-29(23)24(30)31-18-8-5-16(26)6-9-18/h1-6,8-10,13,17,23,28H,7,11-12H2. The van der Waals surface area contributed by atoms with Crippen LogP contribution in [-0.2, 0) is 6.42 Å². The summed E-state index contributed by atoms with van der Waals surface area (Å²) in [5.41, 5.74) is 3.15. The molecule has 2 atom stereocenters. The Morgan fingerprint density at radius 3 is 2.42 bits per heavy atom. The molecule has 5 rings (SSSR count). The van der Waals surface area contributed by atoms with Crippen LogP contribution in [0.5, 0.6) is 5.75 Å². The van der Waals surface area contributed by atoms with E-state index in [0.29, 0.717) is 22.3 Å². The lowest BCUT2D eigenvalue weighted by molar-refractivity contribution is 0.135. The first kappa shape index (κ1) is 20.5. The molecule has 7 heteroatoms. The van der Waals surface area contributed by atoms with Crippen molar-refractivity contribution in [1.29, 1.82) is 0 Å². The van der Waals surface area contributed by atoms with Crippen LogP contribution < -0.4 is 15.3 Å². The Morgan fingerprint density at radius 2 is 1.71 bits per heavy atom. The zero-order chi connectivity index (χ0) is 21.5. The lowest BCUT2D eigenvalue weighted by Crippen LogP contribution is -2.43. The quantitative estimate of drug-likeness (QED) is 0.530. The first-order valence-corrected chi connectivity index (χ1v) is 11.2. The van der Waals surface area contributed by atoms with E-state index in [1.807, 2.05) is 24.3 Å². The van der Waals surface area contributed by atoms with Crippen LogP contribution in [0, 0.1) is 0 Å².